The van der Waals surface area contributed by atoms with E-state index in [9.17, 15) is 19.5 Å². The maximum Gasteiger partial charge on any atom is 0.408 e. The van der Waals surface area contributed by atoms with E-state index in [2.05, 4.69) is 5.32 Å². The zero-order valence-corrected chi connectivity index (χ0v) is 18.9. The molecular weight excluding hydrogens is 398 g/mol. The molecule has 1 rings (SSSR count). The van der Waals surface area contributed by atoms with Gasteiger partial charge in [-0.2, -0.15) is 11.8 Å². The lowest BCUT2D eigenvalue weighted by molar-refractivity contribution is -0.141. The van der Waals surface area contributed by atoms with E-state index in [1.807, 2.05) is 6.26 Å². The van der Waals surface area contributed by atoms with E-state index in [0.717, 1.165) is 0 Å². The first-order valence-electron chi connectivity index (χ1n) is 9.80. The smallest absolute Gasteiger partial charge is 0.408 e. The van der Waals surface area contributed by atoms with E-state index >= 15 is 0 Å². The van der Waals surface area contributed by atoms with Crippen molar-refractivity contribution in [3.63, 3.8) is 0 Å². The molecule has 2 N–H and O–H groups in total. The molecule has 0 aromatic heterocycles. The van der Waals surface area contributed by atoms with Gasteiger partial charge in [0.2, 0.25) is 11.8 Å². The second kappa shape index (κ2) is 12.2. The number of carboxylic acid groups (broad SMARTS) is 1. The van der Waals surface area contributed by atoms with Crippen LogP contribution in [0.1, 0.15) is 33.6 Å². The number of ether oxygens (including phenoxy) is 2. The number of hydrogen-bond acceptors (Lipinski definition) is 6. The van der Waals surface area contributed by atoms with Crippen molar-refractivity contribution < 1.29 is 29.0 Å². The van der Waals surface area contributed by atoms with Gasteiger partial charge in [0.25, 0.3) is 0 Å². The minimum Gasteiger partial charge on any atom is -0.465 e. The van der Waals surface area contributed by atoms with Crippen molar-refractivity contribution in [3.05, 3.63) is 0 Å². The molecule has 1 saturated heterocycles. The Morgan fingerprint density at radius 3 is 2.34 bits per heavy atom. The summed E-state index contributed by atoms with van der Waals surface area (Å²) in [6, 6.07) is -1.66. The molecule has 0 aromatic carbocycles. The minimum atomic E-state index is -1.16. The Hall–Kier alpha value is -1.52. The van der Waals surface area contributed by atoms with Crippen LogP contribution in [-0.4, -0.2) is 102 Å². The van der Waals surface area contributed by atoms with Crippen molar-refractivity contribution in [2.24, 2.45) is 0 Å². The predicted octanol–water partition coefficient (Wildman–Crippen LogP) is 1.27. The Morgan fingerprint density at radius 1 is 1.24 bits per heavy atom. The van der Waals surface area contributed by atoms with Gasteiger partial charge < -0.3 is 24.8 Å². The van der Waals surface area contributed by atoms with Gasteiger partial charge in [0.1, 0.15) is 12.1 Å². The van der Waals surface area contributed by atoms with Crippen molar-refractivity contribution in [1.29, 1.82) is 0 Å². The molecule has 0 aromatic rings. The summed E-state index contributed by atoms with van der Waals surface area (Å²) >= 11 is 1.54. The summed E-state index contributed by atoms with van der Waals surface area (Å²) < 4.78 is 10.4. The molecule has 29 heavy (non-hydrogen) atoms. The fraction of sp³-hybridized carbons (Fsp3) is 0.842. The first kappa shape index (κ1) is 25.5. The first-order chi connectivity index (χ1) is 13.6. The highest BCUT2D eigenvalue weighted by molar-refractivity contribution is 7.98. The fourth-order valence-electron chi connectivity index (χ4n) is 3.26. The van der Waals surface area contributed by atoms with E-state index in [1.165, 1.54) is 12.0 Å². The lowest BCUT2D eigenvalue weighted by Gasteiger charge is -2.39. The van der Waals surface area contributed by atoms with Crippen molar-refractivity contribution in [2.75, 3.05) is 52.0 Å². The third-order valence-corrected chi connectivity index (χ3v) is 5.33. The van der Waals surface area contributed by atoms with Gasteiger partial charge in [0.05, 0.1) is 13.2 Å². The molecule has 3 amide bonds. The third kappa shape index (κ3) is 8.02. The largest absolute Gasteiger partial charge is 0.465 e. The monoisotopic (exact) mass is 433 g/mol. The van der Waals surface area contributed by atoms with Crippen LogP contribution in [0.2, 0.25) is 0 Å². The maximum atomic E-state index is 13.1. The second-order valence-electron chi connectivity index (χ2n) is 7.90. The Kier molecular flexibility index (Phi) is 10.8. The number of carbonyl (C=O) groups is 3. The molecule has 0 bridgehead atoms. The normalized spacial score (nSPS) is 16.8. The number of morpholine rings is 1. The standard InChI is InChI=1S/C19H35N3O6S/c1-19(2,3)22(18(25)26)15(7-13-29-5)16(23)20-14(6-10-27-4)17(24)21-8-11-28-12-9-21/h14-15H,6-13H2,1-5H3,(H,20,23)(H,25,26)/t14-,15-/m0/s1. The molecule has 10 heteroatoms. The molecule has 9 nitrogen and oxygen atoms in total. The van der Waals surface area contributed by atoms with E-state index < -0.39 is 29.6 Å². The van der Waals surface area contributed by atoms with E-state index in [4.69, 9.17) is 9.47 Å². The summed E-state index contributed by atoms with van der Waals surface area (Å²) in [5.41, 5.74) is -0.761. The number of thioether (sulfide) groups is 1. The van der Waals surface area contributed by atoms with Crippen LogP contribution in [-0.2, 0) is 19.1 Å². The van der Waals surface area contributed by atoms with Crippen LogP contribution in [0.5, 0.6) is 0 Å². The SMILES string of the molecule is COCC[C@H](NC(=O)[C@H](CCSC)N(C(=O)O)C(C)(C)C)C(=O)N1CCOCC1. The summed E-state index contributed by atoms with van der Waals surface area (Å²) in [6.07, 6.45) is 1.42. The van der Waals surface area contributed by atoms with Crippen molar-refractivity contribution in [1.82, 2.24) is 15.1 Å². The lowest BCUT2D eigenvalue weighted by atomic mass is 10.0. The Labute approximate surface area is 177 Å². The number of nitrogens with one attached hydrogen (secondary N) is 1. The molecule has 0 aliphatic carbocycles. The van der Waals surface area contributed by atoms with Crippen molar-refractivity contribution in [2.45, 2.75) is 51.2 Å². The molecule has 2 atom stereocenters. The summed E-state index contributed by atoms with van der Waals surface area (Å²) in [5.74, 6) is -0.0306. The van der Waals surface area contributed by atoms with Crippen LogP contribution in [0, 0.1) is 0 Å². The van der Waals surface area contributed by atoms with Gasteiger partial charge in [-0.3, -0.25) is 14.5 Å². The molecule has 0 radical (unpaired) electrons. The van der Waals surface area contributed by atoms with Crippen LogP contribution in [0.25, 0.3) is 0 Å². The van der Waals surface area contributed by atoms with E-state index in [-0.39, 0.29) is 5.91 Å². The highest BCUT2D eigenvalue weighted by Gasteiger charge is 2.38. The second-order valence-corrected chi connectivity index (χ2v) is 8.89. The van der Waals surface area contributed by atoms with Crippen LogP contribution in [0.4, 0.5) is 4.79 Å². The zero-order chi connectivity index (χ0) is 22.0. The van der Waals surface area contributed by atoms with Gasteiger partial charge in [-0.15, -0.1) is 0 Å². The molecule has 1 heterocycles. The van der Waals surface area contributed by atoms with Gasteiger partial charge in [-0.05, 0) is 45.6 Å². The number of nitrogens with zero attached hydrogens (tertiary/aromatic N) is 2. The predicted molar refractivity (Wildman–Crippen MR) is 112 cm³/mol. The Morgan fingerprint density at radius 2 is 1.86 bits per heavy atom. The zero-order valence-electron chi connectivity index (χ0n) is 18.1. The number of rotatable bonds is 10. The quantitative estimate of drug-likeness (QED) is 0.534. The van der Waals surface area contributed by atoms with Gasteiger partial charge >= 0.3 is 6.09 Å². The minimum absolute atomic E-state index is 0.194. The first-order valence-corrected chi connectivity index (χ1v) is 11.2. The molecule has 168 valence electrons. The van der Waals surface area contributed by atoms with Crippen LogP contribution in [0.3, 0.4) is 0 Å². The van der Waals surface area contributed by atoms with Gasteiger partial charge in [0, 0.05) is 32.3 Å². The summed E-state index contributed by atoms with van der Waals surface area (Å²) in [6.45, 7) is 7.42. The van der Waals surface area contributed by atoms with E-state index in [1.54, 1.807) is 37.4 Å². The highest BCUT2D eigenvalue weighted by atomic mass is 32.2. The summed E-state index contributed by atoms with van der Waals surface area (Å²) in [4.78, 5) is 40.8. The number of carbonyl (C=O) groups excluding carboxylic acids is 2. The lowest BCUT2D eigenvalue weighted by Crippen LogP contribution is -2.60. The average molecular weight is 434 g/mol. The third-order valence-electron chi connectivity index (χ3n) is 4.69. The number of amides is 3. The molecular formula is C19H35N3O6S. The Balaban J connectivity index is 3.03. The summed E-state index contributed by atoms with van der Waals surface area (Å²) in [5, 5.41) is 12.5. The average Bonchev–Trinajstić information content (AvgIpc) is 2.66. The topological polar surface area (TPSA) is 108 Å². The van der Waals surface area contributed by atoms with Crippen molar-refractivity contribution >= 4 is 29.7 Å². The molecule has 1 aliphatic rings. The Bertz CT molecular complexity index is 549. The molecule has 1 aliphatic heterocycles. The summed E-state index contributed by atoms with van der Waals surface area (Å²) in [7, 11) is 1.53. The molecule has 0 unspecified atom stereocenters. The highest BCUT2D eigenvalue weighted by Crippen LogP contribution is 2.21. The van der Waals surface area contributed by atoms with Gasteiger partial charge in [-0.25, -0.2) is 4.79 Å². The van der Waals surface area contributed by atoms with E-state index in [0.29, 0.717) is 51.5 Å². The van der Waals surface area contributed by atoms with Crippen LogP contribution >= 0.6 is 11.8 Å². The fourth-order valence-corrected chi connectivity index (χ4v) is 3.72. The maximum absolute atomic E-state index is 13.1. The van der Waals surface area contributed by atoms with Crippen LogP contribution in [0.15, 0.2) is 0 Å². The van der Waals surface area contributed by atoms with Crippen LogP contribution < -0.4 is 5.32 Å². The molecule has 0 saturated carbocycles. The van der Waals surface area contributed by atoms with Gasteiger partial charge in [-0.1, -0.05) is 0 Å². The molecule has 1 fully saturated rings. The molecule has 0 spiro atoms. The van der Waals surface area contributed by atoms with Gasteiger partial charge in [0.15, 0.2) is 0 Å². The number of hydrogen-bond donors (Lipinski definition) is 2. The number of methoxy groups -OCH3 is 1. The van der Waals surface area contributed by atoms with Crippen molar-refractivity contribution in [3.8, 4) is 0 Å².